The van der Waals surface area contributed by atoms with Crippen LogP contribution in [0, 0.1) is 0 Å². The van der Waals surface area contributed by atoms with Crippen LogP contribution in [0.3, 0.4) is 0 Å². The van der Waals surface area contributed by atoms with Crippen LogP contribution in [0.15, 0.2) is 24.3 Å². The zero-order valence-electron chi connectivity index (χ0n) is 8.48. The minimum absolute atomic E-state index is 0.0740. The lowest BCUT2D eigenvalue weighted by atomic mass is 10.1. The van der Waals surface area contributed by atoms with Gasteiger partial charge >= 0.3 is 0 Å². The molecule has 1 aromatic carbocycles. The van der Waals surface area contributed by atoms with E-state index in [2.05, 4.69) is 0 Å². The smallest absolute Gasteiger partial charge is 0.253 e. The van der Waals surface area contributed by atoms with Crippen LogP contribution in [0.1, 0.15) is 33.6 Å². The van der Waals surface area contributed by atoms with E-state index in [0.717, 1.165) is 32.2 Å². The molecule has 1 fully saturated rings. The van der Waals surface area contributed by atoms with Gasteiger partial charge in [0.25, 0.3) is 5.91 Å². The van der Waals surface area contributed by atoms with Gasteiger partial charge in [0, 0.05) is 24.2 Å². The molecule has 0 aromatic heterocycles. The summed E-state index contributed by atoms with van der Waals surface area (Å²) in [5, 5.41) is 0. The Morgan fingerprint density at radius 1 is 1.13 bits per heavy atom. The van der Waals surface area contributed by atoms with Gasteiger partial charge in [-0.25, -0.2) is 0 Å². The quantitative estimate of drug-likeness (QED) is 0.686. The Morgan fingerprint density at radius 2 is 1.73 bits per heavy atom. The van der Waals surface area contributed by atoms with Crippen LogP contribution in [0.4, 0.5) is 0 Å². The molecule has 0 radical (unpaired) electrons. The molecule has 3 heteroatoms. The first-order valence-electron chi connectivity index (χ1n) is 5.16. The van der Waals surface area contributed by atoms with Gasteiger partial charge in [0.15, 0.2) is 0 Å². The van der Waals surface area contributed by atoms with E-state index in [1.54, 1.807) is 24.3 Å². The van der Waals surface area contributed by atoms with Gasteiger partial charge in [0.05, 0.1) is 0 Å². The average molecular weight is 203 g/mol. The predicted molar refractivity (Wildman–Crippen MR) is 57.0 cm³/mol. The molecule has 1 aliphatic rings. The maximum atomic E-state index is 11.9. The number of rotatable bonds is 2. The minimum atomic E-state index is 0.0740. The Kier molecular flexibility index (Phi) is 2.81. The first-order valence-corrected chi connectivity index (χ1v) is 5.16. The van der Waals surface area contributed by atoms with Crippen molar-refractivity contribution in [2.75, 3.05) is 13.1 Å². The minimum Gasteiger partial charge on any atom is -0.339 e. The molecule has 1 saturated heterocycles. The van der Waals surface area contributed by atoms with Crippen molar-refractivity contribution in [2.45, 2.75) is 12.8 Å². The van der Waals surface area contributed by atoms with Gasteiger partial charge < -0.3 is 4.90 Å². The first kappa shape index (κ1) is 9.90. The van der Waals surface area contributed by atoms with Gasteiger partial charge in [-0.15, -0.1) is 0 Å². The maximum absolute atomic E-state index is 11.9. The molecule has 0 spiro atoms. The molecule has 1 amide bonds. The highest BCUT2D eigenvalue weighted by molar-refractivity contribution is 5.95. The highest BCUT2D eigenvalue weighted by Gasteiger charge is 2.18. The van der Waals surface area contributed by atoms with Crippen molar-refractivity contribution in [3.63, 3.8) is 0 Å². The number of carbonyl (C=O) groups excluding carboxylic acids is 2. The molecular weight excluding hydrogens is 190 g/mol. The standard InChI is InChI=1S/C12H13NO2/c14-9-10-3-5-11(6-4-10)12(15)13-7-1-2-8-13/h3-6,9H,1-2,7-8H2. The topological polar surface area (TPSA) is 37.4 Å². The van der Waals surface area contributed by atoms with Crippen molar-refractivity contribution in [1.82, 2.24) is 4.90 Å². The Labute approximate surface area is 88.7 Å². The summed E-state index contributed by atoms with van der Waals surface area (Å²) in [7, 11) is 0. The van der Waals surface area contributed by atoms with Crippen LogP contribution in [0.25, 0.3) is 0 Å². The second kappa shape index (κ2) is 4.26. The van der Waals surface area contributed by atoms with E-state index in [9.17, 15) is 9.59 Å². The molecule has 15 heavy (non-hydrogen) atoms. The number of hydrogen-bond acceptors (Lipinski definition) is 2. The fourth-order valence-electron chi connectivity index (χ4n) is 1.81. The molecule has 1 aliphatic heterocycles. The van der Waals surface area contributed by atoms with Crippen LogP contribution in [-0.2, 0) is 0 Å². The van der Waals surface area contributed by atoms with Crippen LogP contribution >= 0.6 is 0 Å². The lowest BCUT2D eigenvalue weighted by Gasteiger charge is -2.14. The molecule has 0 atom stereocenters. The van der Waals surface area contributed by atoms with Gasteiger partial charge in [-0.2, -0.15) is 0 Å². The fourth-order valence-corrected chi connectivity index (χ4v) is 1.81. The van der Waals surface area contributed by atoms with E-state index in [1.807, 2.05) is 4.90 Å². The second-order valence-electron chi connectivity index (χ2n) is 3.74. The monoisotopic (exact) mass is 203 g/mol. The average Bonchev–Trinajstić information content (AvgIpc) is 2.82. The van der Waals surface area contributed by atoms with E-state index in [-0.39, 0.29) is 5.91 Å². The molecule has 1 heterocycles. The number of hydrogen-bond donors (Lipinski definition) is 0. The van der Waals surface area contributed by atoms with Crippen LogP contribution in [0.5, 0.6) is 0 Å². The number of nitrogens with zero attached hydrogens (tertiary/aromatic N) is 1. The Balaban J connectivity index is 2.14. The number of likely N-dealkylation sites (tertiary alicyclic amines) is 1. The Hall–Kier alpha value is -1.64. The highest BCUT2D eigenvalue weighted by atomic mass is 16.2. The van der Waals surface area contributed by atoms with Crippen molar-refractivity contribution in [3.8, 4) is 0 Å². The van der Waals surface area contributed by atoms with Crippen molar-refractivity contribution in [2.24, 2.45) is 0 Å². The Bertz CT molecular complexity index is 364. The molecule has 2 rings (SSSR count). The van der Waals surface area contributed by atoms with E-state index in [0.29, 0.717) is 11.1 Å². The third-order valence-electron chi connectivity index (χ3n) is 2.69. The van der Waals surface area contributed by atoms with Crippen LogP contribution in [-0.4, -0.2) is 30.2 Å². The lowest BCUT2D eigenvalue weighted by Crippen LogP contribution is -2.27. The molecule has 0 aliphatic carbocycles. The summed E-state index contributed by atoms with van der Waals surface area (Å²) in [5.41, 5.74) is 1.27. The molecular formula is C12H13NO2. The van der Waals surface area contributed by atoms with Gasteiger partial charge in [-0.05, 0) is 25.0 Å². The van der Waals surface area contributed by atoms with E-state index >= 15 is 0 Å². The predicted octanol–water partition coefficient (Wildman–Crippen LogP) is 1.74. The first-order chi connectivity index (χ1) is 7.31. The number of aldehydes is 1. The number of benzene rings is 1. The van der Waals surface area contributed by atoms with Crippen molar-refractivity contribution >= 4 is 12.2 Å². The summed E-state index contributed by atoms with van der Waals surface area (Å²) < 4.78 is 0. The molecule has 78 valence electrons. The molecule has 0 saturated carbocycles. The zero-order chi connectivity index (χ0) is 10.7. The number of amides is 1. The summed E-state index contributed by atoms with van der Waals surface area (Å²) in [5.74, 6) is 0.0740. The summed E-state index contributed by atoms with van der Waals surface area (Å²) in [6.07, 6.45) is 2.97. The molecule has 1 aromatic rings. The Morgan fingerprint density at radius 3 is 2.27 bits per heavy atom. The van der Waals surface area contributed by atoms with E-state index in [4.69, 9.17) is 0 Å². The van der Waals surface area contributed by atoms with Crippen molar-refractivity contribution < 1.29 is 9.59 Å². The normalized spacial score (nSPS) is 15.3. The van der Waals surface area contributed by atoms with Gasteiger partial charge in [-0.1, -0.05) is 12.1 Å². The SMILES string of the molecule is O=Cc1ccc(C(=O)N2CCCC2)cc1. The van der Waals surface area contributed by atoms with Gasteiger partial charge in [0.1, 0.15) is 6.29 Å². The molecule has 0 bridgehead atoms. The summed E-state index contributed by atoms with van der Waals surface area (Å²) in [6.45, 7) is 1.71. The third-order valence-corrected chi connectivity index (χ3v) is 2.69. The van der Waals surface area contributed by atoms with E-state index < -0.39 is 0 Å². The molecule has 3 nitrogen and oxygen atoms in total. The lowest BCUT2D eigenvalue weighted by molar-refractivity contribution is 0.0792. The van der Waals surface area contributed by atoms with Crippen LogP contribution in [0.2, 0.25) is 0 Å². The van der Waals surface area contributed by atoms with E-state index in [1.165, 1.54) is 0 Å². The zero-order valence-corrected chi connectivity index (χ0v) is 8.48. The fraction of sp³-hybridized carbons (Fsp3) is 0.333. The highest BCUT2D eigenvalue weighted by Crippen LogP contribution is 2.13. The molecule has 0 unspecified atom stereocenters. The second-order valence-corrected chi connectivity index (χ2v) is 3.74. The van der Waals surface area contributed by atoms with Crippen molar-refractivity contribution in [1.29, 1.82) is 0 Å². The maximum Gasteiger partial charge on any atom is 0.253 e. The molecule has 0 N–H and O–H groups in total. The van der Waals surface area contributed by atoms with Gasteiger partial charge in [0.2, 0.25) is 0 Å². The largest absolute Gasteiger partial charge is 0.339 e. The summed E-state index contributed by atoms with van der Waals surface area (Å²) >= 11 is 0. The van der Waals surface area contributed by atoms with Crippen molar-refractivity contribution in [3.05, 3.63) is 35.4 Å². The van der Waals surface area contributed by atoms with Crippen LogP contribution < -0.4 is 0 Å². The summed E-state index contributed by atoms with van der Waals surface area (Å²) in [6, 6.07) is 6.78. The summed E-state index contributed by atoms with van der Waals surface area (Å²) in [4.78, 5) is 24.2. The van der Waals surface area contributed by atoms with Gasteiger partial charge in [-0.3, -0.25) is 9.59 Å². The number of carbonyl (C=O) groups is 2. The third kappa shape index (κ3) is 2.06.